The molecule has 0 bridgehead atoms. The van der Waals surface area contributed by atoms with Crippen molar-refractivity contribution in [3.05, 3.63) is 58.2 Å². The van der Waals surface area contributed by atoms with Crippen LogP contribution in [0.25, 0.3) is 0 Å². The molecule has 0 fully saturated rings. The van der Waals surface area contributed by atoms with E-state index in [1.165, 1.54) is 56.9 Å². The molecule has 2 atom stereocenters. The standard InChI is InChI=1S/C31H46O2/c1-22(2)12-9-13-23(3)14-10-15-24(4)16-11-17-25(5)20-21-27-26(6)30(32)28-18-7-8-19-29(28)31(27)33/h7-8,18-20,22-24H,9-17,21H2,1-6H3/b25-20+/i7+1,8+1,18+1,19+1,28+1,29+1. The zero-order chi connectivity index (χ0) is 24.4. The van der Waals surface area contributed by atoms with Gasteiger partial charge in [0.15, 0.2) is 11.6 Å². The normalized spacial score (nSPS) is 16.4. The lowest BCUT2D eigenvalue weighted by atomic mass is 9.91. The van der Waals surface area contributed by atoms with Crippen LogP contribution < -0.4 is 0 Å². The quantitative estimate of drug-likeness (QED) is 0.261. The highest BCUT2D eigenvalue weighted by molar-refractivity contribution is 6.26. The highest BCUT2D eigenvalue weighted by Crippen LogP contribution is 2.29. The first-order chi connectivity index (χ1) is 15.7. The molecule has 2 heteroatoms. The monoisotopic (exact) mass is 456 g/mol. The molecule has 182 valence electrons. The Morgan fingerprint density at radius 3 is 1.88 bits per heavy atom. The van der Waals surface area contributed by atoms with Gasteiger partial charge in [0, 0.05) is 22.3 Å². The summed E-state index contributed by atoms with van der Waals surface area (Å²) in [7, 11) is 0. The van der Waals surface area contributed by atoms with Crippen LogP contribution in [0.1, 0.15) is 126 Å². The van der Waals surface area contributed by atoms with Crippen LogP contribution in [0, 0.1) is 17.8 Å². The van der Waals surface area contributed by atoms with E-state index in [0.29, 0.717) is 28.7 Å². The summed E-state index contributed by atoms with van der Waals surface area (Å²) in [6.07, 6.45) is 14.4. The molecule has 0 aliphatic heterocycles. The average molecular weight is 457 g/mol. The molecule has 2 nitrogen and oxygen atoms in total. The molecule has 0 saturated heterocycles. The predicted octanol–water partition coefficient (Wildman–Crippen LogP) is 9.16. The fourth-order valence-electron chi connectivity index (χ4n) is 4.88. The molecular weight excluding hydrogens is 410 g/mol. The first-order valence-electron chi connectivity index (χ1n) is 13.2. The first kappa shape index (κ1) is 27.3. The number of fused-ring (bicyclic) bond motifs is 1. The summed E-state index contributed by atoms with van der Waals surface area (Å²) >= 11 is 0. The number of Topliss-reactive ketones (excluding diaryl/α,β-unsaturated/α-hetero) is 2. The maximum Gasteiger partial charge on any atom is 0.190 e. The molecule has 0 spiro atoms. The van der Waals surface area contributed by atoms with E-state index in [-0.39, 0.29) is 11.6 Å². The minimum absolute atomic E-state index is 0.00526. The molecule has 1 aromatic rings. The molecule has 1 aliphatic rings. The van der Waals surface area contributed by atoms with Gasteiger partial charge in [0.25, 0.3) is 0 Å². The highest BCUT2D eigenvalue weighted by Gasteiger charge is 2.28. The average Bonchev–Trinajstić information content (AvgIpc) is 2.77. The zero-order valence-electron chi connectivity index (χ0n) is 22.0. The van der Waals surface area contributed by atoms with Crippen molar-refractivity contribution in [2.24, 2.45) is 17.8 Å². The molecule has 0 N–H and O–H groups in total. The summed E-state index contributed by atoms with van der Waals surface area (Å²) in [6, 6.07) is 7.18. The lowest BCUT2D eigenvalue weighted by Gasteiger charge is -2.18. The van der Waals surface area contributed by atoms with Crippen molar-refractivity contribution in [2.75, 3.05) is 0 Å². The Morgan fingerprint density at radius 2 is 1.30 bits per heavy atom. The molecule has 0 aromatic heterocycles. The molecule has 2 unspecified atom stereocenters. The Morgan fingerprint density at radius 1 is 0.788 bits per heavy atom. The van der Waals surface area contributed by atoms with E-state index in [2.05, 4.69) is 40.7 Å². The second-order valence-corrected chi connectivity index (χ2v) is 10.9. The summed E-state index contributed by atoms with van der Waals surface area (Å²) in [5, 5.41) is 0. The third kappa shape index (κ3) is 8.72. The fraction of sp³-hybridized carbons (Fsp3) is 0.613. The number of carbonyl (C=O) groups excluding carboxylic acids is 2. The summed E-state index contributed by atoms with van der Waals surface area (Å²) in [4.78, 5) is 25.5. The number of allylic oxidation sites excluding steroid dienone is 4. The molecule has 0 amide bonds. The molecule has 0 radical (unpaired) electrons. The minimum atomic E-state index is -0.00526. The van der Waals surface area contributed by atoms with E-state index in [1.807, 2.05) is 12.1 Å². The van der Waals surface area contributed by atoms with Crippen molar-refractivity contribution in [3.8, 4) is 0 Å². The van der Waals surface area contributed by atoms with E-state index in [0.717, 1.165) is 24.2 Å². The number of hydrogen-bond acceptors (Lipinski definition) is 2. The lowest BCUT2D eigenvalue weighted by molar-refractivity contribution is 0.0973. The Balaban J connectivity index is 1.71. The van der Waals surface area contributed by atoms with Gasteiger partial charge in [-0.1, -0.05) is 109 Å². The third-order valence-electron chi connectivity index (χ3n) is 7.28. The smallest absolute Gasteiger partial charge is 0.190 e. The van der Waals surface area contributed by atoms with Crippen LogP contribution in [0.2, 0.25) is 0 Å². The van der Waals surface area contributed by atoms with Crippen LogP contribution in [0.3, 0.4) is 0 Å². The van der Waals surface area contributed by atoms with Gasteiger partial charge < -0.3 is 0 Å². The molecule has 33 heavy (non-hydrogen) atoms. The van der Waals surface area contributed by atoms with Crippen LogP contribution in [-0.2, 0) is 0 Å². The van der Waals surface area contributed by atoms with Crippen molar-refractivity contribution in [3.63, 3.8) is 0 Å². The number of benzene rings is 1. The van der Waals surface area contributed by atoms with Crippen molar-refractivity contribution in [2.45, 2.75) is 106 Å². The van der Waals surface area contributed by atoms with Gasteiger partial charge in [-0.15, -0.1) is 0 Å². The van der Waals surface area contributed by atoms with Crippen LogP contribution in [-0.4, -0.2) is 11.6 Å². The van der Waals surface area contributed by atoms with Crippen molar-refractivity contribution in [1.29, 1.82) is 0 Å². The minimum Gasteiger partial charge on any atom is -0.289 e. The van der Waals surface area contributed by atoms with E-state index >= 15 is 0 Å². The van der Waals surface area contributed by atoms with Crippen LogP contribution in [0.15, 0.2) is 47.1 Å². The second kappa shape index (κ2) is 13.7. The lowest BCUT2D eigenvalue weighted by Crippen LogP contribution is -2.20. The molecular formula is C31H46O2. The number of ketones is 2. The molecule has 0 heterocycles. The SMILES string of the molecule is CC1=C(C/C=C(\C)CCCC(C)CCCC(C)CCCC(C)C)C(=O)[13c]2[13cH][13cH][13cH][13cH][13c]2C1=O. The summed E-state index contributed by atoms with van der Waals surface area (Å²) in [6.45, 7) is 13.4. The molecule has 1 aliphatic carbocycles. The number of hydrogen-bond donors (Lipinski definition) is 0. The van der Waals surface area contributed by atoms with Gasteiger partial charge in [0.2, 0.25) is 0 Å². The van der Waals surface area contributed by atoms with Crippen molar-refractivity contribution >= 4 is 11.6 Å². The van der Waals surface area contributed by atoms with Crippen LogP contribution in [0.5, 0.6) is 0 Å². The summed E-state index contributed by atoms with van der Waals surface area (Å²) < 4.78 is 0. The van der Waals surface area contributed by atoms with Gasteiger partial charge in [0.05, 0.1) is 0 Å². The fourth-order valence-corrected chi connectivity index (χ4v) is 4.88. The largest absolute Gasteiger partial charge is 0.289 e. The highest BCUT2D eigenvalue weighted by atomic mass is 16.2. The Hall–Kier alpha value is -1.96. The Bertz CT molecular complexity index is 855. The maximum absolute atomic E-state index is 12.9. The topological polar surface area (TPSA) is 34.1 Å². The van der Waals surface area contributed by atoms with Crippen molar-refractivity contribution in [1.82, 2.24) is 0 Å². The van der Waals surface area contributed by atoms with Gasteiger partial charge in [-0.3, -0.25) is 9.59 Å². The number of carbonyl (C=O) groups is 2. The van der Waals surface area contributed by atoms with Crippen LogP contribution in [0.4, 0.5) is 0 Å². The molecule has 1 aromatic carbocycles. The Labute approximate surface area is 202 Å². The van der Waals surface area contributed by atoms with Gasteiger partial charge in [-0.2, -0.15) is 0 Å². The van der Waals surface area contributed by atoms with Gasteiger partial charge >= 0.3 is 0 Å². The van der Waals surface area contributed by atoms with E-state index in [4.69, 9.17) is 0 Å². The van der Waals surface area contributed by atoms with Crippen molar-refractivity contribution < 1.29 is 9.59 Å². The van der Waals surface area contributed by atoms with E-state index in [9.17, 15) is 9.59 Å². The first-order valence-corrected chi connectivity index (χ1v) is 13.2. The van der Waals surface area contributed by atoms with E-state index in [1.54, 1.807) is 19.1 Å². The summed E-state index contributed by atoms with van der Waals surface area (Å²) in [5.41, 5.74) is 3.68. The third-order valence-corrected chi connectivity index (χ3v) is 7.28. The zero-order valence-corrected chi connectivity index (χ0v) is 22.0. The Kier molecular flexibility index (Phi) is 11.3. The van der Waals surface area contributed by atoms with Gasteiger partial charge in [-0.25, -0.2) is 0 Å². The second-order valence-electron chi connectivity index (χ2n) is 10.9. The van der Waals surface area contributed by atoms with Crippen LogP contribution >= 0.6 is 0 Å². The maximum atomic E-state index is 12.9. The van der Waals surface area contributed by atoms with Gasteiger partial charge in [0.1, 0.15) is 0 Å². The molecule has 2 rings (SSSR count). The van der Waals surface area contributed by atoms with Gasteiger partial charge in [-0.05, 0) is 50.9 Å². The van der Waals surface area contributed by atoms with E-state index < -0.39 is 0 Å². The number of rotatable bonds is 14. The molecule has 0 saturated carbocycles. The predicted molar refractivity (Wildman–Crippen MR) is 141 cm³/mol. The summed E-state index contributed by atoms with van der Waals surface area (Å²) in [5.74, 6) is 2.48.